The molecule has 0 aliphatic heterocycles. The van der Waals surface area contributed by atoms with Gasteiger partial charge in [-0.2, -0.15) is 0 Å². The molecule has 1 N–H and O–H groups in total. The summed E-state index contributed by atoms with van der Waals surface area (Å²) in [6, 6.07) is 22.7. The number of amides is 2. The Morgan fingerprint density at radius 2 is 1.70 bits per heavy atom. The van der Waals surface area contributed by atoms with Crippen LogP contribution in [0.4, 0.5) is 5.95 Å². The molecule has 0 bridgehead atoms. The first kappa shape index (κ1) is 22.1. The first-order valence-electron chi connectivity index (χ1n) is 10.8. The van der Waals surface area contributed by atoms with Crippen molar-refractivity contribution in [1.29, 1.82) is 0 Å². The van der Waals surface area contributed by atoms with E-state index >= 15 is 0 Å². The number of nitrogens with zero attached hydrogens (tertiary/aromatic N) is 3. The molecular weight excluding hydrogens is 416 g/mol. The van der Waals surface area contributed by atoms with Crippen molar-refractivity contribution in [3.05, 3.63) is 91.0 Å². The molecule has 0 aliphatic rings. The molecule has 0 saturated heterocycles. The fourth-order valence-electron chi connectivity index (χ4n) is 3.56. The normalized spacial score (nSPS) is 10.9. The molecule has 4 aromatic rings. The quantitative estimate of drug-likeness (QED) is 0.422. The summed E-state index contributed by atoms with van der Waals surface area (Å²) in [5.41, 5.74) is 2.55. The predicted octanol–water partition coefficient (Wildman–Crippen LogP) is 4.87. The summed E-state index contributed by atoms with van der Waals surface area (Å²) in [5.74, 6) is 0.131. The SMILES string of the molecule is CC(C)CN(CC(=O)Nc1nc(-c2ccccc2)cn1-c1ccccc1)C(=O)c1ccco1. The van der Waals surface area contributed by atoms with Gasteiger partial charge in [-0.05, 0) is 30.2 Å². The Bertz CT molecular complexity index is 1200. The lowest BCUT2D eigenvalue weighted by Crippen LogP contribution is -2.40. The van der Waals surface area contributed by atoms with Crippen molar-refractivity contribution in [3.63, 3.8) is 0 Å². The Labute approximate surface area is 192 Å². The third kappa shape index (κ3) is 5.38. The lowest BCUT2D eigenvalue weighted by Gasteiger charge is -2.23. The number of nitrogens with one attached hydrogen (secondary N) is 1. The first-order valence-corrected chi connectivity index (χ1v) is 10.8. The molecule has 0 aliphatic carbocycles. The average Bonchev–Trinajstić information content (AvgIpc) is 3.50. The van der Waals surface area contributed by atoms with E-state index in [-0.39, 0.29) is 30.0 Å². The number of carbonyl (C=O) groups excluding carboxylic acids is 2. The van der Waals surface area contributed by atoms with Gasteiger partial charge in [0, 0.05) is 24.0 Å². The van der Waals surface area contributed by atoms with E-state index in [0.29, 0.717) is 12.5 Å². The summed E-state index contributed by atoms with van der Waals surface area (Å²) in [7, 11) is 0. The van der Waals surface area contributed by atoms with E-state index in [1.54, 1.807) is 12.1 Å². The van der Waals surface area contributed by atoms with E-state index < -0.39 is 0 Å². The van der Waals surface area contributed by atoms with Gasteiger partial charge in [-0.15, -0.1) is 0 Å². The van der Waals surface area contributed by atoms with E-state index in [4.69, 9.17) is 4.42 Å². The molecule has 0 radical (unpaired) electrons. The number of furan rings is 1. The molecule has 0 saturated carbocycles. The van der Waals surface area contributed by atoms with Crippen molar-refractivity contribution < 1.29 is 14.0 Å². The van der Waals surface area contributed by atoms with Gasteiger partial charge in [-0.3, -0.25) is 19.5 Å². The van der Waals surface area contributed by atoms with E-state index in [2.05, 4.69) is 10.3 Å². The third-order valence-electron chi connectivity index (χ3n) is 5.00. The Morgan fingerprint density at radius 3 is 2.33 bits per heavy atom. The van der Waals surface area contributed by atoms with Crippen molar-refractivity contribution in [2.24, 2.45) is 5.92 Å². The van der Waals surface area contributed by atoms with Crippen LogP contribution in [0.5, 0.6) is 0 Å². The Morgan fingerprint density at radius 1 is 1.00 bits per heavy atom. The van der Waals surface area contributed by atoms with Crippen molar-refractivity contribution in [1.82, 2.24) is 14.5 Å². The number of hydrogen-bond donors (Lipinski definition) is 1. The van der Waals surface area contributed by atoms with Crippen LogP contribution in [0, 0.1) is 5.92 Å². The standard InChI is InChI=1S/C26H26N4O3/c1-19(2)16-29(25(32)23-14-9-15-33-23)18-24(31)28-26-27-22(20-10-5-3-6-11-20)17-30(26)21-12-7-4-8-13-21/h3-15,17,19H,16,18H2,1-2H3,(H,27,28,31). The zero-order valence-electron chi connectivity index (χ0n) is 18.6. The molecule has 4 rings (SSSR count). The van der Waals surface area contributed by atoms with Crippen LogP contribution in [0.3, 0.4) is 0 Å². The van der Waals surface area contributed by atoms with Crippen LogP contribution < -0.4 is 5.32 Å². The van der Waals surface area contributed by atoms with Crippen molar-refractivity contribution in [2.45, 2.75) is 13.8 Å². The molecule has 0 spiro atoms. The first-order chi connectivity index (χ1) is 16.0. The second-order valence-electron chi connectivity index (χ2n) is 8.13. The topological polar surface area (TPSA) is 80.4 Å². The number of carbonyl (C=O) groups is 2. The van der Waals surface area contributed by atoms with Crippen LogP contribution >= 0.6 is 0 Å². The Balaban J connectivity index is 1.59. The van der Waals surface area contributed by atoms with Gasteiger partial charge in [0.05, 0.1) is 12.0 Å². The number of aromatic nitrogens is 2. The Kier molecular flexibility index (Phi) is 6.69. The minimum atomic E-state index is -0.335. The molecule has 0 fully saturated rings. The molecule has 2 aromatic carbocycles. The minimum Gasteiger partial charge on any atom is -0.459 e. The number of anilines is 1. The fraction of sp³-hybridized carbons (Fsp3) is 0.192. The van der Waals surface area contributed by atoms with Crippen molar-refractivity contribution in [2.75, 3.05) is 18.4 Å². The summed E-state index contributed by atoms with van der Waals surface area (Å²) in [6.07, 6.45) is 3.34. The van der Waals surface area contributed by atoms with Crippen LogP contribution in [-0.2, 0) is 4.79 Å². The third-order valence-corrected chi connectivity index (χ3v) is 5.00. The number of rotatable bonds is 8. The number of imidazole rings is 1. The summed E-state index contributed by atoms with van der Waals surface area (Å²) >= 11 is 0. The maximum absolute atomic E-state index is 13.0. The van der Waals surface area contributed by atoms with Gasteiger partial charge >= 0.3 is 0 Å². The molecule has 2 aromatic heterocycles. The second-order valence-corrected chi connectivity index (χ2v) is 8.13. The number of para-hydroxylation sites is 1. The maximum Gasteiger partial charge on any atom is 0.290 e. The largest absolute Gasteiger partial charge is 0.459 e. The summed E-state index contributed by atoms with van der Waals surface area (Å²) < 4.78 is 7.08. The van der Waals surface area contributed by atoms with Gasteiger partial charge in [0.25, 0.3) is 5.91 Å². The van der Waals surface area contributed by atoms with Gasteiger partial charge in [0.2, 0.25) is 11.9 Å². The highest BCUT2D eigenvalue weighted by Crippen LogP contribution is 2.24. The van der Waals surface area contributed by atoms with Gasteiger partial charge in [-0.1, -0.05) is 62.4 Å². The highest BCUT2D eigenvalue weighted by atomic mass is 16.3. The summed E-state index contributed by atoms with van der Waals surface area (Å²) in [5, 5.41) is 2.89. The lowest BCUT2D eigenvalue weighted by molar-refractivity contribution is -0.117. The van der Waals surface area contributed by atoms with E-state index in [0.717, 1.165) is 16.9 Å². The Hall–Kier alpha value is -4.13. The van der Waals surface area contributed by atoms with E-state index in [1.165, 1.54) is 11.2 Å². The number of benzene rings is 2. The summed E-state index contributed by atoms with van der Waals surface area (Å²) in [4.78, 5) is 32.0. The van der Waals surface area contributed by atoms with Crippen LogP contribution in [0.15, 0.2) is 89.7 Å². The average molecular weight is 443 g/mol. The molecule has 168 valence electrons. The van der Waals surface area contributed by atoms with Gasteiger partial charge in [-0.25, -0.2) is 4.98 Å². The highest BCUT2D eigenvalue weighted by molar-refractivity contribution is 5.97. The molecule has 2 heterocycles. The van der Waals surface area contributed by atoms with Gasteiger partial charge in [0.15, 0.2) is 5.76 Å². The summed E-state index contributed by atoms with van der Waals surface area (Å²) in [6.45, 7) is 4.30. The lowest BCUT2D eigenvalue weighted by atomic mass is 10.2. The second kappa shape index (κ2) is 9.99. The molecule has 0 atom stereocenters. The molecule has 7 nitrogen and oxygen atoms in total. The molecule has 2 amide bonds. The highest BCUT2D eigenvalue weighted by Gasteiger charge is 2.23. The van der Waals surface area contributed by atoms with E-state index in [1.807, 2.05) is 85.3 Å². The monoisotopic (exact) mass is 442 g/mol. The smallest absolute Gasteiger partial charge is 0.290 e. The van der Waals surface area contributed by atoms with E-state index in [9.17, 15) is 9.59 Å². The molecule has 7 heteroatoms. The molecular formula is C26H26N4O3. The van der Waals surface area contributed by atoms with Crippen molar-refractivity contribution in [3.8, 4) is 16.9 Å². The van der Waals surface area contributed by atoms with Crippen LogP contribution in [0.2, 0.25) is 0 Å². The molecule has 33 heavy (non-hydrogen) atoms. The maximum atomic E-state index is 13.0. The predicted molar refractivity (Wildman–Crippen MR) is 127 cm³/mol. The van der Waals surface area contributed by atoms with Gasteiger partial charge in [0.1, 0.15) is 6.54 Å². The van der Waals surface area contributed by atoms with Crippen LogP contribution in [0.25, 0.3) is 16.9 Å². The van der Waals surface area contributed by atoms with Crippen LogP contribution in [0.1, 0.15) is 24.4 Å². The number of hydrogen-bond acceptors (Lipinski definition) is 4. The van der Waals surface area contributed by atoms with Crippen LogP contribution in [-0.4, -0.2) is 39.4 Å². The van der Waals surface area contributed by atoms with Gasteiger partial charge < -0.3 is 9.32 Å². The zero-order chi connectivity index (χ0) is 23.2. The zero-order valence-corrected chi connectivity index (χ0v) is 18.6. The minimum absolute atomic E-state index is 0.111. The molecule has 0 unspecified atom stereocenters. The fourth-order valence-corrected chi connectivity index (χ4v) is 3.56. The van der Waals surface area contributed by atoms with Crippen molar-refractivity contribution >= 4 is 17.8 Å².